The molecule has 1 heterocycles. The lowest BCUT2D eigenvalue weighted by molar-refractivity contribution is -0.146. The first-order chi connectivity index (χ1) is 12.9. The van der Waals surface area contributed by atoms with Crippen LogP contribution in [0.1, 0.15) is 51.1 Å². The molecule has 1 aromatic rings. The molecule has 0 aromatic heterocycles. The van der Waals surface area contributed by atoms with E-state index in [9.17, 15) is 14.7 Å². The van der Waals surface area contributed by atoms with E-state index in [1.807, 2.05) is 0 Å². The summed E-state index contributed by atoms with van der Waals surface area (Å²) in [6, 6.07) is 3.66. The summed E-state index contributed by atoms with van der Waals surface area (Å²) < 4.78 is 10.9. The number of aromatic hydroxyl groups is 1. The minimum Gasteiger partial charge on any atom is -0.504 e. The van der Waals surface area contributed by atoms with Gasteiger partial charge in [0.05, 0.1) is 18.7 Å². The predicted molar refractivity (Wildman–Crippen MR) is 99.3 cm³/mol. The van der Waals surface area contributed by atoms with E-state index in [0.29, 0.717) is 22.8 Å². The van der Waals surface area contributed by atoms with Gasteiger partial charge in [-0.05, 0) is 49.8 Å². The number of allylic oxidation sites excluding steroid dienone is 1. The highest BCUT2D eigenvalue weighted by Gasteiger charge is 2.34. The Hall–Kier alpha value is -2.70. The topological polar surface area (TPSA) is 96.9 Å². The Balaban J connectivity index is 1.88. The zero-order chi connectivity index (χ0) is 19.6. The highest BCUT2D eigenvalue weighted by molar-refractivity contribution is 5.95. The number of rotatable bonds is 4. The summed E-state index contributed by atoms with van der Waals surface area (Å²) in [5.74, 6) is 0.360. The molecule has 27 heavy (non-hydrogen) atoms. The summed E-state index contributed by atoms with van der Waals surface area (Å²) in [6.45, 7) is 3.85. The lowest BCUT2D eigenvalue weighted by atomic mass is 9.88. The average molecular weight is 374 g/mol. The van der Waals surface area contributed by atoms with Crippen molar-refractivity contribution < 1.29 is 24.2 Å². The molecule has 2 amide bonds. The fourth-order valence-electron chi connectivity index (χ4n) is 3.79. The van der Waals surface area contributed by atoms with Crippen LogP contribution in [0.3, 0.4) is 0 Å². The van der Waals surface area contributed by atoms with Gasteiger partial charge >= 0.3 is 12.0 Å². The number of benzene rings is 1. The molecule has 7 nitrogen and oxygen atoms in total. The van der Waals surface area contributed by atoms with Crippen molar-refractivity contribution >= 4 is 12.0 Å². The molecular weight excluding hydrogens is 348 g/mol. The molecule has 1 aromatic carbocycles. The van der Waals surface area contributed by atoms with Crippen molar-refractivity contribution in [3.8, 4) is 11.5 Å². The molecule has 146 valence electrons. The second-order valence-electron chi connectivity index (χ2n) is 7.30. The molecule has 0 radical (unpaired) electrons. The van der Waals surface area contributed by atoms with Crippen LogP contribution in [0, 0.1) is 5.92 Å². The van der Waals surface area contributed by atoms with Gasteiger partial charge in [-0.25, -0.2) is 9.59 Å². The SMILES string of the molecule is COc1cc([C@@H]2NC(=O)NC(C)=C2C(=O)O[C@H]2CCC[C@@H](C)C2)ccc1O. The molecule has 1 fully saturated rings. The van der Waals surface area contributed by atoms with Gasteiger partial charge in [0.2, 0.25) is 0 Å². The van der Waals surface area contributed by atoms with Crippen LogP contribution >= 0.6 is 0 Å². The Morgan fingerprint density at radius 2 is 2.07 bits per heavy atom. The smallest absolute Gasteiger partial charge is 0.338 e. The molecule has 1 saturated carbocycles. The zero-order valence-electron chi connectivity index (χ0n) is 15.9. The maximum absolute atomic E-state index is 12.9. The van der Waals surface area contributed by atoms with Crippen LogP contribution in [0.25, 0.3) is 0 Å². The first-order valence-electron chi connectivity index (χ1n) is 9.25. The Morgan fingerprint density at radius 1 is 1.30 bits per heavy atom. The van der Waals surface area contributed by atoms with Crippen molar-refractivity contribution in [2.24, 2.45) is 5.92 Å². The molecule has 2 aliphatic rings. The van der Waals surface area contributed by atoms with Gasteiger partial charge in [-0.2, -0.15) is 0 Å². The number of methoxy groups -OCH3 is 1. The standard InChI is InChI=1S/C20H26N2O5/c1-11-5-4-6-14(9-11)27-19(24)17-12(2)21-20(25)22-18(17)13-7-8-15(23)16(10-13)26-3/h7-8,10-11,14,18,23H,4-6,9H2,1-3H3,(H2,21,22,25)/t11-,14+,18+/m1/s1. The van der Waals surface area contributed by atoms with Crippen LogP contribution in [0.4, 0.5) is 4.79 Å². The number of ether oxygens (including phenoxy) is 2. The summed E-state index contributed by atoms with van der Waals surface area (Å²) in [5, 5.41) is 15.2. The number of phenolic OH excluding ortho intramolecular Hbond substituents is 1. The number of phenols is 1. The molecule has 1 aliphatic carbocycles. The summed E-state index contributed by atoms with van der Waals surface area (Å²) in [7, 11) is 1.44. The second-order valence-corrected chi connectivity index (χ2v) is 7.30. The summed E-state index contributed by atoms with van der Waals surface area (Å²) in [5.41, 5.74) is 1.45. The van der Waals surface area contributed by atoms with Crippen molar-refractivity contribution in [1.29, 1.82) is 0 Å². The van der Waals surface area contributed by atoms with Gasteiger partial charge in [-0.15, -0.1) is 0 Å². The maximum atomic E-state index is 12.9. The van der Waals surface area contributed by atoms with Crippen LogP contribution < -0.4 is 15.4 Å². The summed E-state index contributed by atoms with van der Waals surface area (Å²) in [6.07, 6.45) is 3.82. The van der Waals surface area contributed by atoms with E-state index in [0.717, 1.165) is 25.7 Å². The number of urea groups is 1. The van der Waals surface area contributed by atoms with Crippen molar-refractivity contribution in [1.82, 2.24) is 10.6 Å². The number of nitrogens with one attached hydrogen (secondary N) is 2. The van der Waals surface area contributed by atoms with Crippen LogP contribution in [0.5, 0.6) is 11.5 Å². The van der Waals surface area contributed by atoms with E-state index < -0.39 is 18.0 Å². The lowest BCUT2D eigenvalue weighted by Crippen LogP contribution is -2.45. The molecule has 3 atom stereocenters. The number of amides is 2. The van der Waals surface area contributed by atoms with Gasteiger partial charge < -0.3 is 25.2 Å². The third-order valence-electron chi connectivity index (χ3n) is 5.19. The highest BCUT2D eigenvalue weighted by Crippen LogP contribution is 2.34. The molecular formula is C20H26N2O5. The first kappa shape index (κ1) is 19.1. The van der Waals surface area contributed by atoms with Crippen LogP contribution in [0.15, 0.2) is 29.5 Å². The van der Waals surface area contributed by atoms with Crippen molar-refractivity contribution in [3.63, 3.8) is 0 Å². The fourth-order valence-corrected chi connectivity index (χ4v) is 3.79. The Labute approximate surface area is 158 Å². The Morgan fingerprint density at radius 3 is 2.78 bits per heavy atom. The molecule has 0 saturated heterocycles. The van der Waals surface area contributed by atoms with Crippen molar-refractivity contribution in [3.05, 3.63) is 35.0 Å². The Kier molecular flexibility index (Phi) is 5.58. The molecule has 0 unspecified atom stereocenters. The van der Waals surface area contributed by atoms with Gasteiger partial charge in [0.15, 0.2) is 11.5 Å². The van der Waals surface area contributed by atoms with Gasteiger partial charge in [0.1, 0.15) is 6.10 Å². The van der Waals surface area contributed by atoms with Crippen LogP contribution in [0.2, 0.25) is 0 Å². The monoisotopic (exact) mass is 374 g/mol. The highest BCUT2D eigenvalue weighted by atomic mass is 16.5. The van der Waals surface area contributed by atoms with Crippen LogP contribution in [-0.4, -0.2) is 30.3 Å². The molecule has 3 N–H and O–H groups in total. The third kappa shape index (κ3) is 4.18. The number of hydrogen-bond acceptors (Lipinski definition) is 5. The largest absolute Gasteiger partial charge is 0.504 e. The zero-order valence-corrected chi connectivity index (χ0v) is 15.9. The van der Waals surface area contributed by atoms with E-state index in [4.69, 9.17) is 9.47 Å². The number of carbonyl (C=O) groups excluding carboxylic acids is 2. The van der Waals surface area contributed by atoms with Gasteiger partial charge in [-0.1, -0.05) is 19.4 Å². The van der Waals surface area contributed by atoms with Crippen molar-refractivity contribution in [2.45, 2.75) is 51.7 Å². The van der Waals surface area contributed by atoms with Gasteiger partial charge in [0.25, 0.3) is 0 Å². The predicted octanol–water partition coefficient (Wildman–Crippen LogP) is 3.15. The fraction of sp³-hybridized carbons (Fsp3) is 0.500. The average Bonchev–Trinajstić information content (AvgIpc) is 2.61. The third-order valence-corrected chi connectivity index (χ3v) is 5.19. The first-order valence-corrected chi connectivity index (χ1v) is 9.25. The van der Waals surface area contributed by atoms with Crippen molar-refractivity contribution in [2.75, 3.05) is 7.11 Å². The minimum absolute atomic E-state index is 0.0115. The van der Waals surface area contributed by atoms with E-state index >= 15 is 0 Å². The number of hydrogen-bond donors (Lipinski definition) is 3. The minimum atomic E-state index is -0.679. The quantitative estimate of drug-likeness (QED) is 0.704. The maximum Gasteiger partial charge on any atom is 0.338 e. The molecule has 3 rings (SSSR count). The second kappa shape index (κ2) is 7.90. The number of esters is 1. The van der Waals surface area contributed by atoms with E-state index in [1.54, 1.807) is 19.1 Å². The number of carbonyl (C=O) groups is 2. The van der Waals surface area contributed by atoms with Gasteiger partial charge in [0, 0.05) is 5.70 Å². The van der Waals surface area contributed by atoms with Crippen LogP contribution in [-0.2, 0) is 9.53 Å². The van der Waals surface area contributed by atoms with E-state index in [1.165, 1.54) is 13.2 Å². The normalized spacial score (nSPS) is 25.4. The Bertz CT molecular complexity index is 774. The summed E-state index contributed by atoms with van der Waals surface area (Å²) >= 11 is 0. The lowest BCUT2D eigenvalue weighted by Gasteiger charge is -2.31. The summed E-state index contributed by atoms with van der Waals surface area (Å²) in [4.78, 5) is 24.9. The molecule has 1 aliphatic heterocycles. The molecule has 7 heteroatoms. The molecule has 0 bridgehead atoms. The van der Waals surface area contributed by atoms with E-state index in [-0.39, 0.29) is 17.6 Å². The van der Waals surface area contributed by atoms with Gasteiger partial charge in [-0.3, -0.25) is 0 Å². The van der Waals surface area contributed by atoms with E-state index in [2.05, 4.69) is 17.6 Å². The molecule has 0 spiro atoms.